The molecule has 0 N–H and O–H groups in total. The average molecular weight is 205 g/mol. The summed E-state index contributed by atoms with van der Waals surface area (Å²) in [5, 5.41) is 8.62. The second-order valence-corrected chi connectivity index (χ2v) is 2.82. The first-order chi connectivity index (χ1) is 7.24. The van der Waals surface area contributed by atoms with Gasteiger partial charge >= 0.3 is 5.97 Å². The molecule has 0 unspecified atom stereocenters. The van der Waals surface area contributed by atoms with Gasteiger partial charge in [0.15, 0.2) is 0 Å². The van der Waals surface area contributed by atoms with Crippen molar-refractivity contribution in [1.29, 1.82) is 5.26 Å². The molecule has 4 nitrogen and oxygen atoms in total. The monoisotopic (exact) mass is 205 g/mol. The van der Waals surface area contributed by atoms with Gasteiger partial charge in [-0.3, -0.25) is 0 Å². The van der Waals surface area contributed by atoms with Crippen LogP contribution in [0.2, 0.25) is 0 Å². The fraction of sp³-hybridized carbons (Fsp3) is 0.273. The molecular formula is C11H11NO3. The maximum Gasteiger partial charge on any atom is 0.341 e. The van der Waals surface area contributed by atoms with Crippen LogP contribution >= 0.6 is 0 Å². The van der Waals surface area contributed by atoms with Crippen molar-refractivity contribution >= 4 is 5.97 Å². The molecule has 0 amide bonds. The second kappa shape index (κ2) is 5.01. The lowest BCUT2D eigenvalue weighted by Gasteiger charge is -2.09. The highest BCUT2D eigenvalue weighted by Crippen LogP contribution is 2.23. The zero-order chi connectivity index (χ0) is 11.3. The van der Waals surface area contributed by atoms with Gasteiger partial charge in [0.1, 0.15) is 11.3 Å². The Hall–Kier alpha value is -2.02. The summed E-state index contributed by atoms with van der Waals surface area (Å²) in [5.41, 5.74) is 0.938. The Morgan fingerprint density at radius 1 is 1.47 bits per heavy atom. The minimum absolute atomic E-state index is 0.154. The van der Waals surface area contributed by atoms with Crippen molar-refractivity contribution in [2.24, 2.45) is 0 Å². The number of ether oxygens (including phenoxy) is 2. The minimum atomic E-state index is -0.488. The van der Waals surface area contributed by atoms with E-state index in [-0.39, 0.29) is 6.42 Å². The molecule has 0 aliphatic heterocycles. The molecule has 0 saturated carbocycles. The maximum atomic E-state index is 11.5. The second-order valence-electron chi connectivity index (χ2n) is 2.82. The summed E-state index contributed by atoms with van der Waals surface area (Å²) in [4.78, 5) is 11.5. The molecule has 1 rings (SSSR count). The predicted molar refractivity (Wildman–Crippen MR) is 53.7 cm³/mol. The topological polar surface area (TPSA) is 59.3 Å². The van der Waals surface area contributed by atoms with E-state index in [1.807, 2.05) is 6.07 Å². The number of nitrogens with zero attached hydrogens (tertiary/aromatic N) is 1. The van der Waals surface area contributed by atoms with Crippen LogP contribution in [-0.2, 0) is 11.2 Å². The van der Waals surface area contributed by atoms with Crippen LogP contribution in [0.3, 0.4) is 0 Å². The van der Waals surface area contributed by atoms with E-state index in [9.17, 15) is 4.79 Å². The molecular weight excluding hydrogens is 194 g/mol. The van der Waals surface area contributed by atoms with Crippen molar-refractivity contribution in [3.63, 3.8) is 0 Å². The van der Waals surface area contributed by atoms with Crippen molar-refractivity contribution in [1.82, 2.24) is 0 Å². The number of carbonyl (C=O) groups excluding carboxylic acids is 1. The van der Waals surface area contributed by atoms with Gasteiger partial charge in [-0.05, 0) is 11.6 Å². The van der Waals surface area contributed by atoms with Crippen molar-refractivity contribution in [2.45, 2.75) is 6.42 Å². The zero-order valence-corrected chi connectivity index (χ0v) is 8.61. The van der Waals surface area contributed by atoms with Crippen LogP contribution in [0.1, 0.15) is 15.9 Å². The number of carbonyl (C=O) groups is 1. The van der Waals surface area contributed by atoms with Gasteiger partial charge in [-0.1, -0.05) is 12.1 Å². The Morgan fingerprint density at radius 3 is 2.73 bits per heavy atom. The Balaban J connectivity index is 3.27. The van der Waals surface area contributed by atoms with Gasteiger partial charge in [-0.2, -0.15) is 5.26 Å². The molecule has 0 saturated heterocycles. The minimum Gasteiger partial charge on any atom is -0.496 e. The standard InChI is InChI=1S/C11H11NO3/c1-14-9-5-3-4-8(6-7-12)10(9)11(13)15-2/h3-5H,6H2,1-2H3. The van der Waals surface area contributed by atoms with E-state index >= 15 is 0 Å². The first-order valence-corrected chi connectivity index (χ1v) is 4.35. The van der Waals surface area contributed by atoms with E-state index in [4.69, 9.17) is 10.00 Å². The molecule has 0 aliphatic carbocycles. The molecule has 0 aliphatic rings. The Kier molecular flexibility index (Phi) is 3.69. The van der Waals surface area contributed by atoms with Gasteiger partial charge in [0, 0.05) is 0 Å². The maximum absolute atomic E-state index is 11.5. The van der Waals surface area contributed by atoms with Crippen molar-refractivity contribution < 1.29 is 14.3 Å². The van der Waals surface area contributed by atoms with Gasteiger partial charge in [-0.25, -0.2) is 4.79 Å². The van der Waals surface area contributed by atoms with Crippen LogP contribution in [0, 0.1) is 11.3 Å². The van der Waals surface area contributed by atoms with Gasteiger partial charge in [-0.15, -0.1) is 0 Å². The molecule has 0 bridgehead atoms. The van der Waals surface area contributed by atoms with Gasteiger partial charge in [0.2, 0.25) is 0 Å². The summed E-state index contributed by atoms with van der Waals surface area (Å²) >= 11 is 0. The summed E-state index contributed by atoms with van der Waals surface area (Å²) < 4.78 is 9.68. The molecule has 1 aromatic rings. The van der Waals surface area contributed by atoms with Gasteiger partial charge in [0.25, 0.3) is 0 Å². The third-order valence-electron chi connectivity index (χ3n) is 1.99. The van der Waals surface area contributed by atoms with Crippen LogP contribution in [0.25, 0.3) is 0 Å². The molecule has 0 aromatic heterocycles. The van der Waals surface area contributed by atoms with Crippen molar-refractivity contribution in [3.05, 3.63) is 29.3 Å². The first-order valence-electron chi connectivity index (χ1n) is 4.35. The molecule has 78 valence electrons. The van der Waals surface area contributed by atoms with E-state index in [1.165, 1.54) is 14.2 Å². The molecule has 15 heavy (non-hydrogen) atoms. The van der Waals surface area contributed by atoms with Crippen LogP contribution in [0.4, 0.5) is 0 Å². The molecule has 0 spiro atoms. The summed E-state index contributed by atoms with van der Waals surface area (Å²) in [6.45, 7) is 0. The number of benzene rings is 1. The highest BCUT2D eigenvalue weighted by atomic mass is 16.5. The number of hydrogen-bond donors (Lipinski definition) is 0. The average Bonchev–Trinajstić information content (AvgIpc) is 2.28. The van der Waals surface area contributed by atoms with E-state index in [0.29, 0.717) is 16.9 Å². The Morgan fingerprint density at radius 2 is 2.20 bits per heavy atom. The van der Waals surface area contributed by atoms with Crippen LogP contribution < -0.4 is 4.74 Å². The fourth-order valence-electron chi connectivity index (χ4n) is 1.31. The van der Waals surface area contributed by atoms with Gasteiger partial charge in [0.05, 0.1) is 26.7 Å². The lowest BCUT2D eigenvalue weighted by Crippen LogP contribution is -2.07. The summed E-state index contributed by atoms with van der Waals surface area (Å²) in [5.74, 6) is -0.0627. The lowest BCUT2D eigenvalue weighted by atomic mass is 10.0. The quantitative estimate of drug-likeness (QED) is 0.702. The van der Waals surface area contributed by atoms with Crippen molar-refractivity contribution in [2.75, 3.05) is 14.2 Å². The summed E-state index contributed by atoms with van der Waals surface area (Å²) in [6, 6.07) is 7.09. The number of hydrogen-bond acceptors (Lipinski definition) is 4. The molecule has 0 fully saturated rings. The van der Waals surface area contributed by atoms with Gasteiger partial charge < -0.3 is 9.47 Å². The summed E-state index contributed by atoms with van der Waals surface area (Å²) in [6.07, 6.45) is 0.154. The predicted octanol–water partition coefficient (Wildman–Crippen LogP) is 1.55. The number of esters is 1. The molecule has 0 radical (unpaired) electrons. The van der Waals surface area contributed by atoms with E-state index in [2.05, 4.69) is 4.74 Å². The van der Waals surface area contributed by atoms with Crippen molar-refractivity contribution in [3.8, 4) is 11.8 Å². The molecule has 1 aromatic carbocycles. The third kappa shape index (κ3) is 2.26. The number of nitriles is 1. The third-order valence-corrected chi connectivity index (χ3v) is 1.99. The fourth-order valence-corrected chi connectivity index (χ4v) is 1.31. The van der Waals surface area contributed by atoms with Crippen LogP contribution in [0.15, 0.2) is 18.2 Å². The normalized spacial score (nSPS) is 9.13. The first kappa shape index (κ1) is 11.1. The zero-order valence-electron chi connectivity index (χ0n) is 8.61. The lowest BCUT2D eigenvalue weighted by molar-refractivity contribution is 0.0596. The SMILES string of the molecule is COC(=O)c1c(CC#N)cccc1OC. The highest BCUT2D eigenvalue weighted by molar-refractivity contribution is 5.94. The highest BCUT2D eigenvalue weighted by Gasteiger charge is 2.17. The molecule has 4 heteroatoms. The largest absolute Gasteiger partial charge is 0.496 e. The van der Waals surface area contributed by atoms with Crippen LogP contribution in [0.5, 0.6) is 5.75 Å². The van der Waals surface area contributed by atoms with E-state index in [0.717, 1.165) is 0 Å². The molecule has 0 heterocycles. The Labute approximate surface area is 88.0 Å². The number of rotatable bonds is 3. The van der Waals surface area contributed by atoms with Crippen LogP contribution in [-0.4, -0.2) is 20.2 Å². The summed E-state index contributed by atoms with van der Waals surface area (Å²) in [7, 11) is 2.77. The van der Waals surface area contributed by atoms with E-state index in [1.54, 1.807) is 18.2 Å². The van der Waals surface area contributed by atoms with E-state index < -0.39 is 5.97 Å². The smallest absolute Gasteiger partial charge is 0.341 e. The molecule has 0 atom stereocenters. The Bertz CT molecular complexity index is 407. The number of methoxy groups -OCH3 is 2.